The summed E-state index contributed by atoms with van der Waals surface area (Å²) in [4.78, 5) is 25.1. The lowest BCUT2D eigenvalue weighted by molar-refractivity contribution is -0.134. The van der Waals surface area contributed by atoms with Crippen LogP contribution in [0.25, 0.3) is 6.08 Å². The van der Waals surface area contributed by atoms with Gasteiger partial charge in [-0.1, -0.05) is 64.2 Å². The van der Waals surface area contributed by atoms with Gasteiger partial charge in [-0.25, -0.2) is 0 Å². The Hall–Kier alpha value is -1.48. The number of carbonyl (C=O) groups is 2. The number of benzene rings is 2. The molecule has 0 bridgehead atoms. The molecule has 1 aliphatic rings. The van der Waals surface area contributed by atoms with Crippen LogP contribution in [0.3, 0.4) is 0 Å². The van der Waals surface area contributed by atoms with Crippen molar-refractivity contribution < 1.29 is 14.3 Å². The summed E-state index contributed by atoms with van der Waals surface area (Å²) < 4.78 is 5.52. The van der Waals surface area contributed by atoms with E-state index in [0.29, 0.717) is 25.5 Å². The van der Waals surface area contributed by atoms with Gasteiger partial charge < -0.3 is 4.74 Å². The van der Waals surface area contributed by atoms with E-state index in [4.69, 9.17) is 63.4 Å². The number of hydrogen-bond donors (Lipinski definition) is 1. The monoisotopic (exact) mass is 506 g/mol. The average molecular weight is 508 g/mol. The minimum atomic E-state index is -0.585. The van der Waals surface area contributed by atoms with Crippen LogP contribution in [0.15, 0.2) is 41.3 Å². The molecular formula is C18H10Cl4N2O3S2. The van der Waals surface area contributed by atoms with Crippen LogP contribution >= 0.6 is 70.4 Å². The molecule has 1 saturated heterocycles. The summed E-state index contributed by atoms with van der Waals surface area (Å²) in [7, 11) is 0. The van der Waals surface area contributed by atoms with Crippen molar-refractivity contribution in [3.8, 4) is 5.75 Å². The maximum atomic E-state index is 12.6. The predicted molar refractivity (Wildman–Crippen MR) is 122 cm³/mol. The molecule has 1 N–H and O–H groups in total. The van der Waals surface area contributed by atoms with Crippen molar-refractivity contribution in [3.63, 3.8) is 0 Å². The Morgan fingerprint density at radius 3 is 2.41 bits per heavy atom. The zero-order valence-electron chi connectivity index (χ0n) is 14.2. The van der Waals surface area contributed by atoms with Crippen molar-refractivity contribution in [1.29, 1.82) is 0 Å². The quantitative estimate of drug-likeness (QED) is 0.421. The minimum Gasteiger partial charge on any atom is -0.482 e. The number of amides is 2. The van der Waals surface area contributed by atoms with E-state index in [1.165, 1.54) is 12.1 Å². The topological polar surface area (TPSA) is 58.6 Å². The first kappa shape index (κ1) is 22.2. The van der Waals surface area contributed by atoms with E-state index in [2.05, 4.69) is 5.43 Å². The van der Waals surface area contributed by atoms with Crippen molar-refractivity contribution in [2.24, 2.45) is 0 Å². The van der Waals surface area contributed by atoms with Gasteiger partial charge in [0.2, 0.25) is 0 Å². The van der Waals surface area contributed by atoms with Crippen LogP contribution in [-0.4, -0.2) is 27.8 Å². The maximum absolute atomic E-state index is 12.6. The van der Waals surface area contributed by atoms with E-state index >= 15 is 0 Å². The second-order valence-corrected chi connectivity index (χ2v) is 8.94. The van der Waals surface area contributed by atoms with Gasteiger partial charge in [-0.05, 0) is 54.2 Å². The third-order valence-electron chi connectivity index (χ3n) is 3.53. The molecule has 0 atom stereocenters. The van der Waals surface area contributed by atoms with E-state index in [0.717, 1.165) is 16.8 Å². The van der Waals surface area contributed by atoms with Crippen LogP contribution in [0, 0.1) is 0 Å². The smallest absolute Gasteiger partial charge is 0.285 e. The van der Waals surface area contributed by atoms with Gasteiger partial charge in [0.25, 0.3) is 11.8 Å². The lowest BCUT2D eigenvalue weighted by Crippen LogP contribution is -2.46. The number of thiocarbonyl (C=S) groups is 1. The van der Waals surface area contributed by atoms with Gasteiger partial charge in [-0.2, -0.15) is 5.01 Å². The predicted octanol–water partition coefficient (Wildman–Crippen LogP) is 5.61. The summed E-state index contributed by atoms with van der Waals surface area (Å²) in [6.45, 7) is -0.375. The largest absolute Gasteiger partial charge is 0.482 e. The highest BCUT2D eigenvalue weighted by Gasteiger charge is 2.33. The molecule has 1 heterocycles. The third-order valence-corrected chi connectivity index (χ3v) is 5.93. The molecule has 5 nitrogen and oxygen atoms in total. The Labute approximate surface area is 195 Å². The first-order valence-electron chi connectivity index (χ1n) is 7.85. The number of nitrogens with one attached hydrogen (secondary N) is 1. The van der Waals surface area contributed by atoms with Gasteiger partial charge >= 0.3 is 0 Å². The van der Waals surface area contributed by atoms with Crippen molar-refractivity contribution in [2.45, 2.75) is 0 Å². The number of halogens is 4. The lowest BCUT2D eigenvalue weighted by atomic mass is 10.2. The Balaban J connectivity index is 1.65. The van der Waals surface area contributed by atoms with E-state index < -0.39 is 11.8 Å². The number of ether oxygens (including phenoxy) is 1. The van der Waals surface area contributed by atoms with Gasteiger partial charge in [0.05, 0.1) is 9.93 Å². The van der Waals surface area contributed by atoms with Crippen LogP contribution in [-0.2, 0) is 9.59 Å². The molecule has 1 fully saturated rings. The highest BCUT2D eigenvalue weighted by atomic mass is 35.5. The Bertz CT molecular complexity index is 1050. The molecule has 0 radical (unpaired) electrons. The van der Waals surface area contributed by atoms with E-state index in [9.17, 15) is 9.59 Å². The number of hydrogen-bond acceptors (Lipinski definition) is 5. The van der Waals surface area contributed by atoms with Crippen LogP contribution < -0.4 is 10.2 Å². The SMILES string of the molecule is O=C(COc1ccc(Cl)cc1Cl)NN1C(=O)C(=Cc2ccc(Cl)cc2Cl)SC1=S. The number of rotatable bonds is 5. The van der Waals surface area contributed by atoms with Crippen molar-refractivity contribution in [3.05, 3.63) is 67.0 Å². The molecule has 0 aliphatic carbocycles. The minimum absolute atomic E-state index is 0.171. The molecule has 2 aromatic carbocycles. The molecule has 0 spiro atoms. The van der Waals surface area contributed by atoms with Crippen molar-refractivity contribution >= 4 is 92.6 Å². The molecule has 2 amide bonds. The van der Waals surface area contributed by atoms with Gasteiger partial charge in [0.15, 0.2) is 10.9 Å². The fraction of sp³-hybridized carbons (Fsp3) is 0.0556. The molecule has 11 heteroatoms. The lowest BCUT2D eigenvalue weighted by Gasteiger charge is -2.16. The van der Waals surface area contributed by atoms with Gasteiger partial charge in [-0.3, -0.25) is 15.0 Å². The summed E-state index contributed by atoms with van der Waals surface area (Å²) in [6.07, 6.45) is 1.58. The molecular weight excluding hydrogens is 498 g/mol. The first-order valence-corrected chi connectivity index (χ1v) is 10.6. The van der Waals surface area contributed by atoms with E-state index in [1.807, 2.05) is 0 Å². The van der Waals surface area contributed by atoms with Crippen LogP contribution in [0.2, 0.25) is 20.1 Å². The molecule has 0 aromatic heterocycles. The van der Waals surface area contributed by atoms with Crippen molar-refractivity contribution in [2.75, 3.05) is 6.61 Å². The van der Waals surface area contributed by atoms with E-state index in [-0.39, 0.29) is 21.7 Å². The van der Waals surface area contributed by atoms with Crippen molar-refractivity contribution in [1.82, 2.24) is 10.4 Å². The average Bonchev–Trinajstić information content (AvgIpc) is 2.91. The zero-order valence-corrected chi connectivity index (χ0v) is 18.9. The Morgan fingerprint density at radius 2 is 1.76 bits per heavy atom. The van der Waals surface area contributed by atoms with Crippen LogP contribution in [0.1, 0.15) is 5.56 Å². The fourth-order valence-corrected chi connectivity index (χ4v) is 4.31. The Kier molecular flexibility index (Phi) is 7.32. The number of hydrazine groups is 1. The standard InChI is InChI=1S/C18H10Cl4N2O3S2/c19-10-2-1-9(12(21)6-10)5-15-17(26)24(18(28)29-15)23-16(25)8-27-14-4-3-11(20)7-13(14)22/h1-7H,8H2,(H,23,25). The third kappa shape index (κ3) is 5.57. The van der Waals surface area contributed by atoms with Gasteiger partial charge in [-0.15, -0.1) is 0 Å². The second-order valence-electron chi connectivity index (χ2n) is 5.58. The van der Waals surface area contributed by atoms with Crippen LogP contribution in [0.4, 0.5) is 0 Å². The molecule has 29 heavy (non-hydrogen) atoms. The maximum Gasteiger partial charge on any atom is 0.285 e. The highest BCUT2D eigenvalue weighted by molar-refractivity contribution is 8.26. The molecule has 0 unspecified atom stereocenters. The summed E-state index contributed by atoms with van der Waals surface area (Å²) in [5, 5.41) is 2.55. The molecule has 2 aromatic rings. The molecule has 150 valence electrons. The van der Waals surface area contributed by atoms with E-state index in [1.54, 1.807) is 30.3 Å². The normalized spacial score (nSPS) is 15.2. The number of carbonyl (C=O) groups excluding carboxylic acids is 2. The summed E-state index contributed by atoms with van der Waals surface area (Å²) in [5.41, 5.74) is 3.01. The summed E-state index contributed by atoms with van der Waals surface area (Å²) >= 11 is 30.0. The molecule has 0 saturated carbocycles. The molecule has 1 aliphatic heterocycles. The van der Waals surface area contributed by atoms with Crippen LogP contribution in [0.5, 0.6) is 5.75 Å². The second kappa shape index (κ2) is 9.55. The Morgan fingerprint density at radius 1 is 1.10 bits per heavy atom. The summed E-state index contributed by atoms with van der Waals surface area (Å²) in [6, 6.07) is 9.51. The zero-order chi connectivity index (χ0) is 21.1. The number of nitrogens with zero attached hydrogens (tertiary/aromatic N) is 1. The highest BCUT2D eigenvalue weighted by Crippen LogP contribution is 2.33. The van der Waals surface area contributed by atoms with Gasteiger partial charge in [0, 0.05) is 15.1 Å². The first-order chi connectivity index (χ1) is 13.7. The van der Waals surface area contributed by atoms with Gasteiger partial charge in [0.1, 0.15) is 5.75 Å². The number of thioether (sulfide) groups is 1. The fourth-order valence-electron chi connectivity index (χ4n) is 2.22. The summed E-state index contributed by atoms with van der Waals surface area (Å²) in [5.74, 6) is -0.782. The molecule has 3 rings (SSSR count).